The molecule has 6 nitrogen and oxygen atoms in total. The van der Waals surface area contributed by atoms with Crippen LogP contribution in [-0.4, -0.2) is 40.8 Å². The summed E-state index contributed by atoms with van der Waals surface area (Å²) in [4.78, 5) is 32.6. The van der Waals surface area contributed by atoms with Crippen LogP contribution < -0.4 is 4.74 Å². The molecule has 0 fully saturated rings. The number of likely N-dealkylation sites (N-methyl/N-ethyl adjacent to an activating group) is 1. The molecule has 1 aromatic carbocycles. The number of hydrogen-bond acceptors (Lipinski definition) is 3. The van der Waals surface area contributed by atoms with E-state index in [-0.39, 0.29) is 11.8 Å². The van der Waals surface area contributed by atoms with Gasteiger partial charge in [0.1, 0.15) is 5.75 Å². The lowest BCUT2D eigenvalue weighted by Gasteiger charge is -2.06. The van der Waals surface area contributed by atoms with E-state index >= 15 is 0 Å². The van der Waals surface area contributed by atoms with Gasteiger partial charge < -0.3 is 14.7 Å². The molecule has 0 bridgehead atoms. The lowest BCUT2D eigenvalue weighted by Crippen LogP contribution is -2.26. The second-order valence-electron chi connectivity index (χ2n) is 5.62. The number of amides is 2. The van der Waals surface area contributed by atoms with E-state index < -0.39 is 0 Å². The van der Waals surface area contributed by atoms with Crippen LogP contribution in [0.1, 0.15) is 11.3 Å². The number of aromatic nitrogens is 2. The van der Waals surface area contributed by atoms with Crippen molar-refractivity contribution in [1.29, 1.82) is 0 Å². The van der Waals surface area contributed by atoms with Gasteiger partial charge in [0, 0.05) is 35.9 Å². The monoisotopic (exact) mass is 321 g/mol. The molecule has 0 saturated carbocycles. The summed E-state index contributed by atoms with van der Waals surface area (Å²) in [5.74, 6) is 0.0681. The highest BCUT2D eigenvalue weighted by Crippen LogP contribution is 2.38. The van der Waals surface area contributed by atoms with Crippen molar-refractivity contribution in [2.24, 2.45) is 0 Å². The molecular weight excluding hydrogens is 306 g/mol. The molecule has 3 heterocycles. The number of H-pyrrole nitrogens is 2. The van der Waals surface area contributed by atoms with Gasteiger partial charge in [0.05, 0.1) is 23.9 Å². The Bertz CT molecular complexity index is 996. The summed E-state index contributed by atoms with van der Waals surface area (Å²) in [6.07, 6.45) is 3.49. The van der Waals surface area contributed by atoms with Gasteiger partial charge in [-0.25, -0.2) is 0 Å². The first kappa shape index (κ1) is 14.3. The van der Waals surface area contributed by atoms with Crippen molar-refractivity contribution in [3.8, 4) is 5.75 Å². The zero-order chi connectivity index (χ0) is 16.8. The number of carbonyl (C=O) groups excluding carboxylic acids is 2. The summed E-state index contributed by atoms with van der Waals surface area (Å²) in [6.45, 7) is 0. The summed E-state index contributed by atoms with van der Waals surface area (Å²) >= 11 is 0. The Hall–Kier alpha value is -3.28. The van der Waals surface area contributed by atoms with Crippen molar-refractivity contribution >= 4 is 33.9 Å². The number of carbonyl (C=O) groups is 2. The van der Waals surface area contributed by atoms with Gasteiger partial charge in [0.2, 0.25) is 0 Å². The zero-order valence-electron chi connectivity index (χ0n) is 13.2. The summed E-state index contributed by atoms with van der Waals surface area (Å²) in [5.41, 5.74) is 2.97. The van der Waals surface area contributed by atoms with Gasteiger partial charge in [-0.05, 0) is 30.3 Å². The molecule has 1 aliphatic heterocycles. The topological polar surface area (TPSA) is 78.2 Å². The highest BCUT2D eigenvalue weighted by atomic mass is 16.5. The fourth-order valence-electron chi connectivity index (χ4n) is 3.06. The Labute approximate surface area is 137 Å². The summed E-state index contributed by atoms with van der Waals surface area (Å²) < 4.78 is 5.28. The first-order valence-corrected chi connectivity index (χ1v) is 7.47. The van der Waals surface area contributed by atoms with Gasteiger partial charge in [-0.3, -0.25) is 14.5 Å². The number of rotatable bonds is 3. The van der Waals surface area contributed by atoms with Crippen molar-refractivity contribution in [1.82, 2.24) is 14.9 Å². The van der Waals surface area contributed by atoms with Crippen LogP contribution in [0.5, 0.6) is 5.75 Å². The minimum Gasteiger partial charge on any atom is -0.497 e. The van der Waals surface area contributed by atoms with Crippen LogP contribution >= 0.6 is 0 Å². The average molecular weight is 321 g/mol. The maximum absolute atomic E-state index is 12.7. The maximum Gasteiger partial charge on any atom is 0.263 e. The van der Waals surface area contributed by atoms with Gasteiger partial charge >= 0.3 is 0 Å². The quantitative estimate of drug-likeness (QED) is 0.727. The molecular formula is C18H15N3O3. The summed E-state index contributed by atoms with van der Waals surface area (Å²) in [6, 6.07) is 9.17. The fraction of sp³-hybridized carbons (Fsp3) is 0.111. The number of methoxy groups -OCH3 is 1. The van der Waals surface area contributed by atoms with E-state index in [4.69, 9.17) is 4.74 Å². The molecule has 0 radical (unpaired) electrons. The first-order valence-electron chi connectivity index (χ1n) is 7.47. The van der Waals surface area contributed by atoms with Crippen molar-refractivity contribution < 1.29 is 14.3 Å². The Morgan fingerprint density at radius 3 is 2.54 bits per heavy atom. The molecule has 120 valence electrons. The number of hydrogen-bond donors (Lipinski definition) is 2. The molecule has 2 aromatic heterocycles. The molecule has 0 saturated heterocycles. The fourth-order valence-corrected chi connectivity index (χ4v) is 3.06. The minimum absolute atomic E-state index is 0.310. The Morgan fingerprint density at radius 2 is 1.83 bits per heavy atom. The van der Waals surface area contributed by atoms with Crippen LogP contribution in [0.3, 0.4) is 0 Å². The van der Waals surface area contributed by atoms with Crippen molar-refractivity contribution in [3.05, 3.63) is 54.0 Å². The molecule has 0 spiro atoms. The van der Waals surface area contributed by atoms with E-state index in [1.54, 1.807) is 31.6 Å². The van der Waals surface area contributed by atoms with Crippen LogP contribution in [0.25, 0.3) is 22.0 Å². The third kappa shape index (κ3) is 1.89. The standard InChI is InChI=1S/C18H15N3O3/c1-21-17(22)15(16(18(21)23)14-4-3-7-19-14)12-9-20-13-6-5-10(24-2)8-11(12)13/h3-9,19-20H,1-2H3. The molecule has 24 heavy (non-hydrogen) atoms. The van der Waals surface area contributed by atoms with Crippen molar-refractivity contribution in [3.63, 3.8) is 0 Å². The lowest BCUT2D eigenvalue weighted by molar-refractivity contribution is -0.134. The smallest absolute Gasteiger partial charge is 0.263 e. The zero-order valence-corrected chi connectivity index (χ0v) is 13.2. The van der Waals surface area contributed by atoms with Gasteiger partial charge in [0.15, 0.2) is 0 Å². The molecule has 4 rings (SSSR count). The molecule has 6 heteroatoms. The van der Waals surface area contributed by atoms with E-state index in [0.717, 1.165) is 15.8 Å². The second-order valence-corrected chi connectivity index (χ2v) is 5.62. The van der Waals surface area contributed by atoms with E-state index in [2.05, 4.69) is 9.97 Å². The highest BCUT2D eigenvalue weighted by molar-refractivity contribution is 6.49. The highest BCUT2D eigenvalue weighted by Gasteiger charge is 2.38. The number of fused-ring (bicyclic) bond motifs is 1. The first-order chi connectivity index (χ1) is 11.6. The van der Waals surface area contributed by atoms with E-state index in [1.165, 1.54) is 7.05 Å². The van der Waals surface area contributed by atoms with Gasteiger partial charge in [-0.1, -0.05) is 0 Å². The third-order valence-electron chi connectivity index (χ3n) is 4.31. The normalized spacial score (nSPS) is 15.0. The molecule has 2 amide bonds. The molecule has 3 aromatic rings. The van der Waals surface area contributed by atoms with Crippen molar-refractivity contribution in [2.75, 3.05) is 14.2 Å². The minimum atomic E-state index is -0.312. The summed E-state index contributed by atoms with van der Waals surface area (Å²) in [7, 11) is 3.09. The lowest BCUT2D eigenvalue weighted by atomic mass is 9.99. The largest absolute Gasteiger partial charge is 0.497 e. The third-order valence-corrected chi connectivity index (χ3v) is 4.31. The van der Waals surface area contributed by atoms with Crippen molar-refractivity contribution in [2.45, 2.75) is 0 Å². The number of imide groups is 1. The van der Waals surface area contributed by atoms with Crippen LogP contribution in [0, 0.1) is 0 Å². The van der Waals surface area contributed by atoms with E-state index in [9.17, 15) is 9.59 Å². The predicted molar refractivity (Wildman–Crippen MR) is 90.2 cm³/mol. The Balaban J connectivity index is 2.02. The van der Waals surface area contributed by atoms with Gasteiger partial charge in [-0.15, -0.1) is 0 Å². The van der Waals surface area contributed by atoms with Crippen LogP contribution in [0.15, 0.2) is 42.7 Å². The molecule has 0 atom stereocenters. The number of nitrogens with one attached hydrogen (secondary N) is 2. The van der Waals surface area contributed by atoms with Crippen LogP contribution in [0.4, 0.5) is 0 Å². The molecule has 1 aliphatic rings. The Morgan fingerprint density at radius 1 is 1.04 bits per heavy atom. The number of ether oxygens (including phenoxy) is 1. The Kier molecular flexibility index (Phi) is 3.06. The summed E-state index contributed by atoms with van der Waals surface area (Å²) in [5, 5.41) is 0.838. The molecule has 0 aliphatic carbocycles. The van der Waals surface area contributed by atoms with Crippen LogP contribution in [0.2, 0.25) is 0 Å². The van der Waals surface area contributed by atoms with Gasteiger partial charge in [0.25, 0.3) is 11.8 Å². The number of aromatic amines is 2. The maximum atomic E-state index is 12.7. The SMILES string of the molecule is COc1ccc2[nH]cc(C3=C(c4ccc[nH]4)C(=O)N(C)C3=O)c2c1. The molecule has 0 unspecified atom stereocenters. The number of nitrogens with zero attached hydrogens (tertiary/aromatic N) is 1. The average Bonchev–Trinajstić information content (AvgIpc) is 3.30. The van der Waals surface area contributed by atoms with Gasteiger partial charge in [-0.2, -0.15) is 0 Å². The van der Waals surface area contributed by atoms with Crippen LogP contribution in [-0.2, 0) is 9.59 Å². The second kappa shape index (κ2) is 5.13. The number of benzene rings is 1. The van der Waals surface area contributed by atoms with E-state index in [1.807, 2.05) is 18.2 Å². The molecule has 2 N–H and O–H groups in total. The van der Waals surface area contributed by atoms with E-state index in [0.29, 0.717) is 28.2 Å². The predicted octanol–water partition coefficient (Wildman–Crippen LogP) is 2.41.